The molecule has 0 bridgehead atoms. The van der Waals surface area contributed by atoms with E-state index < -0.39 is 5.97 Å². The van der Waals surface area contributed by atoms with Crippen LogP contribution in [0.1, 0.15) is 35.2 Å². The Balaban J connectivity index is 3.18. The van der Waals surface area contributed by atoms with Crippen molar-refractivity contribution in [1.82, 2.24) is 5.16 Å². The second-order valence-corrected chi connectivity index (χ2v) is 3.93. The van der Waals surface area contributed by atoms with Gasteiger partial charge in [-0.2, -0.15) is 5.10 Å². The van der Waals surface area contributed by atoms with Gasteiger partial charge < -0.3 is 20.8 Å². The van der Waals surface area contributed by atoms with Crippen molar-refractivity contribution in [1.29, 1.82) is 0 Å². The number of carbonyl (C=O) groups excluding carboxylic acids is 1. The van der Waals surface area contributed by atoms with E-state index >= 15 is 0 Å². The molecule has 1 aromatic heterocycles. The van der Waals surface area contributed by atoms with Crippen LogP contribution in [-0.2, 0) is 4.74 Å². The number of hydrogen-bond acceptors (Lipinski definition) is 7. The molecule has 8 heteroatoms. The number of thiocarbonyl (C=S) groups is 1. The van der Waals surface area contributed by atoms with Crippen LogP contribution in [-0.4, -0.2) is 28.4 Å². The van der Waals surface area contributed by atoms with Crippen molar-refractivity contribution in [2.24, 2.45) is 16.7 Å². The number of hydrazone groups is 1. The van der Waals surface area contributed by atoms with Crippen molar-refractivity contribution in [3.05, 3.63) is 17.0 Å². The van der Waals surface area contributed by atoms with Crippen molar-refractivity contribution < 1.29 is 14.1 Å². The Hall–Kier alpha value is -1.96. The minimum atomic E-state index is -0.603. The van der Waals surface area contributed by atoms with Crippen LogP contribution in [0.4, 0.5) is 0 Å². The van der Waals surface area contributed by atoms with Gasteiger partial charge in [-0.05, 0) is 13.8 Å². The van der Waals surface area contributed by atoms with Gasteiger partial charge >= 0.3 is 5.97 Å². The lowest BCUT2D eigenvalue weighted by Gasteiger charge is -2.04. The van der Waals surface area contributed by atoms with E-state index in [-0.39, 0.29) is 23.7 Å². The van der Waals surface area contributed by atoms with E-state index in [1.807, 2.05) is 0 Å². The van der Waals surface area contributed by atoms with Crippen LogP contribution in [0.2, 0.25) is 0 Å². The molecule has 18 heavy (non-hydrogen) atoms. The lowest BCUT2D eigenvalue weighted by atomic mass is 10.1. The van der Waals surface area contributed by atoms with Crippen LogP contribution >= 0.6 is 12.2 Å². The van der Waals surface area contributed by atoms with Crippen molar-refractivity contribution in [3.63, 3.8) is 0 Å². The fraction of sp³-hybridized carbons (Fsp3) is 0.400. The molecule has 1 rings (SSSR count). The maximum absolute atomic E-state index is 11.7. The highest BCUT2D eigenvalue weighted by Crippen LogP contribution is 2.17. The van der Waals surface area contributed by atoms with E-state index in [1.54, 1.807) is 13.8 Å². The molecule has 0 amide bonds. The first kappa shape index (κ1) is 14.1. The summed E-state index contributed by atoms with van der Waals surface area (Å²) in [4.78, 5) is 11.9. The van der Waals surface area contributed by atoms with Gasteiger partial charge in [0.05, 0.1) is 22.9 Å². The van der Waals surface area contributed by atoms with Gasteiger partial charge in [-0.25, -0.2) is 4.79 Å². The molecule has 1 aromatic rings. The number of esters is 1. The monoisotopic (exact) mass is 270 g/mol. The highest BCUT2D eigenvalue weighted by Gasteiger charge is 2.25. The normalized spacial score (nSPS) is 11.3. The molecule has 4 N–H and O–H groups in total. The number of rotatable bonds is 5. The summed E-state index contributed by atoms with van der Waals surface area (Å²) in [5, 5.41) is 7.22. The first-order valence-electron chi connectivity index (χ1n) is 5.20. The van der Waals surface area contributed by atoms with Gasteiger partial charge in [-0.15, -0.1) is 0 Å². The molecular formula is C10H14N4O3S. The summed E-state index contributed by atoms with van der Waals surface area (Å²) in [5.41, 5.74) is 6.18. The Morgan fingerprint density at radius 1 is 1.61 bits per heavy atom. The van der Waals surface area contributed by atoms with Gasteiger partial charge in [-0.1, -0.05) is 17.4 Å². The topological polar surface area (TPSA) is 117 Å². The van der Waals surface area contributed by atoms with Crippen LogP contribution in [0, 0.1) is 6.92 Å². The zero-order valence-corrected chi connectivity index (χ0v) is 10.9. The van der Waals surface area contributed by atoms with Gasteiger partial charge in [0.1, 0.15) is 5.76 Å². The number of hydrogen-bond donors (Lipinski definition) is 2. The molecule has 0 saturated heterocycles. The lowest BCUT2D eigenvalue weighted by Crippen LogP contribution is -2.19. The fourth-order valence-corrected chi connectivity index (χ4v) is 1.55. The van der Waals surface area contributed by atoms with E-state index in [0.29, 0.717) is 17.0 Å². The molecule has 7 nitrogen and oxygen atoms in total. The average Bonchev–Trinajstić information content (AvgIpc) is 2.68. The molecule has 0 aliphatic heterocycles. The molecule has 0 radical (unpaired) electrons. The Labute approximate surface area is 109 Å². The summed E-state index contributed by atoms with van der Waals surface area (Å²) in [6.45, 7) is 3.56. The molecule has 0 unspecified atom stereocenters. The largest absolute Gasteiger partial charge is 0.461 e. The second kappa shape index (κ2) is 6.10. The summed E-state index contributed by atoms with van der Waals surface area (Å²) >= 11 is 4.79. The number of aryl methyl sites for hydroxylation is 1. The van der Waals surface area contributed by atoms with Crippen molar-refractivity contribution in [2.75, 3.05) is 6.61 Å². The third-order valence-electron chi connectivity index (χ3n) is 2.12. The zero-order chi connectivity index (χ0) is 13.7. The fourth-order valence-electron chi connectivity index (χ4n) is 1.41. The average molecular weight is 270 g/mol. The smallest absolute Gasteiger partial charge is 0.361 e. The van der Waals surface area contributed by atoms with Crippen LogP contribution < -0.4 is 11.6 Å². The maximum Gasteiger partial charge on any atom is 0.361 e. The lowest BCUT2D eigenvalue weighted by molar-refractivity contribution is 0.0514. The standard InChI is InChI=1S/C10H14N4O3S/c1-3-16-10(15)9-8(5(2)17-14-9)6(13-12)4-7(11)18/h3-4,12H2,1-2H3,(H2,11,18)/b13-6+. The summed E-state index contributed by atoms with van der Waals surface area (Å²) in [5.74, 6) is 5.07. The predicted molar refractivity (Wildman–Crippen MR) is 69.3 cm³/mol. The van der Waals surface area contributed by atoms with E-state index in [2.05, 4.69) is 10.3 Å². The molecule has 0 saturated carbocycles. The van der Waals surface area contributed by atoms with E-state index in [4.69, 9.17) is 33.1 Å². The summed E-state index contributed by atoms with van der Waals surface area (Å²) in [6, 6.07) is 0. The summed E-state index contributed by atoms with van der Waals surface area (Å²) < 4.78 is 9.82. The van der Waals surface area contributed by atoms with Gasteiger partial charge in [0.15, 0.2) is 0 Å². The molecule has 0 atom stereocenters. The van der Waals surface area contributed by atoms with Crippen molar-refractivity contribution in [2.45, 2.75) is 20.3 Å². The molecular weight excluding hydrogens is 256 g/mol. The number of aromatic nitrogens is 1. The number of carbonyl (C=O) groups is 1. The first-order valence-corrected chi connectivity index (χ1v) is 5.60. The Morgan fingerprint density at radius 3 is 2.78 bits per heavy atom. The molecule has 1 heterocycles. The minimum Gasteiger partial charge on any atom is -0.461 e. The quantitative estimate of drug-likeness (QED) is 0.263. The van der Waals surface area contributed by atoms with E-state index in [9.17, 15) is 4.79 Å². The third-order valence-corrected chi connectivity index (χ3v) is 2.26. The SMILES string of the molecule is CCOC(=O)c1noc(C)c1/C(CC(N)=S)=N/N. The molecule has 0 aromatic carbocycles. The number of ether oxygens (including phenoxy) is 1. The van der Waals surface area contributed by atoms with E-state index in [1.165, 1.54) is 0 Å². The van der Waals surface area contributed by atoms with E-state index in [0.717, 1.165) is 0 Å². The second-order valence-electron chi connectivity index (χ2n) is 3.40. The molecule has 0 aliphatic rings. The summed E-state index contributed by atoms with van der Waals surface area (Å²) in [6.07, 6.45) is 0.153. The first-order chi connectivity index (χ1) is 8.51. The van der Waals surface area contributed by atoms with Crippen LogP contribution in [0.15, 0.2) is 9.62 Å². The van der Waals surface area contributed by atoms with Gasteiger partial charge in [-0.3, -0.25) is 0 Å². The summed E-state index contributed by atoms with van der Waals surface area (Å²) in [7, 11) is 0. The molecule has 0 fully saturated rings. The van der Waals surface area contributed by atoms with Crippen LogP contribution in [0.5, 0.6) is 0 Å². The Morgan fingerprint density at radius 2 is 2.28 bits per heavy atom. The zero-order valence-electron chi connectivity index (χ0n) is 10.1. The third kappa shape index (κ3) is 3.04. The highest BCUT2D eigenvalue weighted by atomic mass is 32.1. The highest BCUT2D eigenvalue weighted by molar-refractivity contribution is 7.80. The number of nitrogens with two attached hydrogens (primary N) is 2. The van der Waals surface area contributed by atoms with Crippen LogP contribution in [0.25, 0.3) is 0 Å². The minimum absolute atomic E-state index is 0.0230. The van der Waals surface area contributed by atoms with Crippen molar-refractivity contribution >= 4 is 28.9 Å². The Bertz CT molecular complexity index is 495. The molecule has 0 spiro atoms. The van der Waals surface area contributed by atoms with Crippen molar-refractivity contribution in [3.8, 4) is 0 Å². The van der Waals surface area contributed by atoms with Gasteiger partial charge in [0.2, 0.25) is 5.69 Å². The Kier molecular flexibility index (Phi) is 4.78. The molecule has 98 valence electrons. The maximum atomic E-state index is 11.7. The van der Waals surface area contributed by atoms with Crippen LogP contribution in [0.3, 0.4) is 0 Å². The van der Waals surface area contributed by atoms with Gasteiger partial charge in [0.25, 0.3) is 0 Å². The van der Waals surface area contributed by atoms with Gasteiger partial charge in [0, 0.05) is 6.42 Å². The number of nitrogens with zero attached hydrogens (tertiary/aromatic N) is 2. The molecule has 0 aliphatic carbocycles. The predicted octanol–water partition coefficient (Wildman–Crippen LogP) is 0.499.